The molecule has 2 aromatic carbocycles. The second kappa shape index (κ2) is 15.7. The van der Waals surface area contributed by atoms with Crippen molar-refractivity contribution in [3.8, 4) is 17.0 Å². The number of alkyl carbamates (subject to hydrolysis) is 1. The topological polar surface area (TPSA) is 119 Å². The summed E-state index contributed by atoms with van der Waals surface area (Å²) in [7, 11) is 1.15. The summed E-state index contributed by atoms with van der Waals surface area (Å²) < 4.78 is 150. The molecule has 4 aliphatic carbocycles. The summed E-state index contributed by atoms with van der Waals surface area (Å²) in [5, 5.41) is 7.49. The minimum absolute atomic E-state index is 0.194. The molecule has 4 fully saturated rings. The number of amides is 3. The average Bonchev–Trinajstić information content (AvgIpc) is 3.65. The smallest absolute Gasteiger partial charge is 0.429 e. The number of carbonyl (C=O) groups excluding carboxylic acids is 3. The Labute approximate surface area is 329 Å². The first kappa shape index (κ1) is 41.8. The van der Waals surface area contributed by atoms with E-state index in [2.05, 4.69) is 20.9 Å². The number of ether oxygens (including phenoxy) is 2. The molecule has 4 saturated carbocycles. The Balaban J connectivity index is 1.18. The molecule has 1 heterocycles. The third-order valence-electron chi connectivity index (χ3n) is 11.4. The molecule has 3 N–H and O–H groups in total. The van der Waals surface area contributed by atoms with Crippen LogP contribution in [0.25, 0.3) is 11.1 Å². The Morgan fingerprint density at radius 1 is 0.898 bits per heavy atom. The van der Waals surface area contributed by atoms with Gasteiger partial charge in [0.05, 0.1) is 18.6 Å². The summed E-state index contributed by atoms with van der Waals surface area (Å²) in [6.45, 7) is 0. The summed E-state index contributed by atoms with van der Waals surface area (Å²) in [5.41, 5.74) is -3.04. The van der Waals surface area contributed by atoms with E-state index in [9.17, 15) is 53.9 Å². The van der Waals surface area contributed by atoms with Crippen LogP contribution in [0.15, 0.2) is 60.3 Å². The molecule has 7 rings (SSSR count). The average molecular weight is 843 g/mol. The SMILES string of the molecule is COc1ncc(-c2cc([C@H](OC(=O)NC3CCC3)C(F)(F)F)ccc2F)cc1C(=O)N[C@@H]1C2CCC(/C2=C/C2CC(F)(F)C2)[C@@H]1C(=O)Nc1ccc(F)c(C(F)(F)F)c1. The van der Waals surface area contributed by atoms with Gasteiger partial charge in [-0.3, -0.25) is 9.59 Å². The molecule has 0 radical (unpaired) electrons. The molecular weight excluding hydrogens is 806 g/mol. The lowest BCUT2D eigenvalue weighted by molar-refractivity contribution is -0.206. The summed E-state index contributed by atoms with van der Waals surface area (Å²) in [6, 6.07) is 3.89. The van der Waals surface area contributed by atoms with Crippen LogP contribution in [0.4, 0.5) is 54.4 Å². The molecule has 19 heteroatoms. The second-order valence-corrected chi connectivity index (χ2v) is 15.3. The van der Waals surface area contributed by atoms with Gasteiger partial charge in [-0.1, -0.05) is 17.7 Å². The number of benzene rings is 2. The Morgan fingerprint density at radius 2 is 1.59 bits per heavy atom. The quantitative estimate of drug-likeness (QED) is 0.138. The Bertz CT molecular complexity index is 2170. The first-order valence-electron chi connectivity index (χ1n) is 18.7. The van der Waals surface area contributed by atoms with Gasteiger partial charge in [0.2, 0.25) is 23.8 Å². The lowest BCUT2D eigenvalue weighted by Gasteiger charge is -2.33. The number of anilines is 1. The lowest BCUT2D eigenvalue weighted by atomic mass is 9.79. The molecule has 1 aromatic heterocycles. The zero-order valence-corrected chi connectivity index (χ0v) is 31.0. The normalized spacial score (nSPS) is 23.9. The standard InChI is InChI=1S/C40H36F10N4O5/c1-58-36-27(13-20(17-51-36)25-12-19(5-9-29(25)41)33(40(48,49)50)59-37(57)53-21-3-2-4-21)34(55)54-32-24-8-7-23(26(24)11-18-15-38(43,44)16-18)31(32)35(56)52-22-6-10-30(42)28(14-22)39(45,46)47/h5-6,9-14,17-18,21,23-24,31-33H,2-4,7-8,15-16H2,1H3,(H,52,56)(H,53,57)(H,54,55)/b26-11-/t23?,24?,31-,32+,33-/m0/s1. The van der Waals surface area contributed by atoms with Gasteiger partial charge in [0.15, 0.2) is 0 Å². The highest BCUT2D eigenvalue weighted by Gasteiger charge is 2.56. The number of alkyl halides is 8. The number of hydrogen-bond donors (Lipinski definition) is 3. The van der Waals surface area contributed by atoms with Crippen LogP contribution in [-0.4, -0.2) is 54.2 Å². The second-order valence-electron chi connectivity index (χ2n) is 15.3. The van der Waals surface area contributed by atoms with Gasteiger partial charge >= 0.3 is 18.4 Å². The highest BCUT2D eigenvalue weighted by molar-refractivity contribution is 5.99. The Kier molecular flexibility index (Phi) is 11.1. The number of hydrogen-bond acceptors (Lipinski definition) is 6. The van der Waals surface area contributed by atoms with Crippen molar-refractivity contribution in [2.75, 3.05) is 12.4 Å². The van der Waals surface area contributed by atoms with Gasteiger partial charge in [0, 0.05) is 59.4 Å². The summed E-state index contributed by atoms with van der Waals surface area (Å²) in [6.07, 6.45) is -9.76. The number of carbonyl (C=O) groups is 3. The predicted octanol–water partition coefficient (Wildman–Crippen LogP) is 9.30. The fraction of sp³-hybridized carbons (Fsp3) is 0.450. The van der Waals surface area contributed by atoms with Crippen LogP contribution in [0.2, 0.25) is 0 Å². The third kappa shape index (κ3) is 8.69. The summed E-state index contributed by atoms with van der Waals surface area (Å²) >= 11 is 0. The maximum absolute atomic E-state index is 15.4. The molecule has 0 spiro atoms. The van der Waals surface area contributed by atoms with Crippen molar-refractivity contribution in [2.45, 2.75) is 81.4 Å². The van der Waals surface area contributed by atoms with Gasteiger partial charge in [0.1, 0.15) is 17.2 Å². The molecule has 5 atom stereocenters. The third-order valence-corrected chi connectivity index (χ3v) is 11.4. The molecule has 316 valence electrons. The number of halogens is 10. The van der Waals surface area contributed by atoms with Crippen molar-refractivity contribution in [1.82, 2.24) is 15.6 Å². The van der Waals surface area contributed by atoms with Gasteiger partial charge in [0.25, 0.3) is 5.91 Å². The zero-order chi connectivity index (χ0) is 42.6. The molecule has 3 aromatic rings. The number of aromatic nitrogens is 1. The highest BCUT2D eigenvalue weighted by atomic mass is 19.4. The van der Waals surface area contributed by atoms with Crippen LogP contribution in [0.1, 0.15) is 72.5 Å². The lowest BCUT2D eigenvalue weighted by Crippen LogP contribution is -2.48. The molecule has 3 amide bonds. The van der Waals surface area contributed by atoms with Gasteiger partial charge in [-0.15, -0.1) is 0 Å². The van der Waals surface area contributed by atoms with Crippen LogP contribution in [0.3, 0.4) is 0 Å². The number of methoxy groups -OCH3 is 1. The van der Waals surface area contributed by atoms with E-state index in [1.54, 1.807) is 6.08 Å². The van der Waals surface area contributed by atoms with Crippen LogP contribution in [-0.2, 0) is 15.7 Å². The Hall–Kier alpha value is -5.36. The molecule has 4 aliphatic rings. The minimum Gasteiger partial charge on any atom is -0.480 e. The van der Waals surface area contributed by atoms with E-state index in [4.69, 9.17) is 9.47 Å². The number of nitrogens with one attached hydrogen (secondary N) is 3. The molecule has 2 unspecified atom stereocenters. The highest BCUT2D eigenvalue weighted by Crippen LogP contribution is 2.55. The van der Waals surface area contributed by atoms with Gasteiger partial charge < -0.3 is 25.4 Å². The fourth-order valence-electron chi connectivity index (χ4n) is 8.43. The molecule has 59 heavy (non-hydrogen) atoms. The number of fused-ring (bicyclic) bond motifs is 2. The number of rotatable bonds is 10. The fourth-order valence-corrected chi connectivity index (χ4v) is 8.43. The number of nitrogens with zero attached hydrogens (tertiary/aromatic N) is 1. The van der Waals surface area contributed by atoms with E-state index >= 15 is 4.39 Å². The molecule has 0 aliphatic heterocycles. The maximum Gasteiger partial charge on any atom is 0.429 e. The molecule has 9 nitrogen and oxygen atoms in total. The van der Waals surface area contributed by atoms with Crippen LogP contribution >= 0.6 is 0 Å². The first-order valence-corrected chi connectivity index (χ1v) is 18.7. The molecular formula is C40H36F10N4O5. The van der Waals surface area contributed by atoms with E-state index in [0.29, 0.717) is 43.4 Å². The van der Waals surface area contributed by atoms with Gasteiger partial charge in [-0.2, -0.15) is 26.3 Å². The summed E-state index contributed by atoms with van der Waals surface area (Å²) in [5.74, 6) is -10.4. The van der Waals surface area contributed by atoms with E-state index in [1.165, 1.54) is 0 Å². The van der Waals surface area contributed by atoms with Crippen molar-refractivity contribution in [3.05, 3.63) is 88.6 Å². The van der Waals surface area contributed by atoms with Gasteiger partial charge in [-0.25, -0.2) is 27.3 Å². The number of allylic oxidation sites excluding steroid dienone is 1. The van der Waals surface area contributed by atoms with Crippen molar-refractivity contribution in [3.63, 3.8) is 0 Å². The van der Waals surface area contributed by atoms with Crippen molar-refractivity contribution < 1.29 is 67.8 Å². The van der Waals surface area contributed by atoms with Gasteiger partial charge in [-0.05, 0) is 80.3 Å². The molecule has 2 bridgehead atoms. The Morgan fingerprint density at radius 3 is 2.22 bits per heavy atom. The van der Waals surface area contributed by atoms with Crippen molar-refractivity contribution >= 4 is 23.6 Å². The largest absolute Gasteiger partial charge is 0.480 e. The van der Waals surface area contributed by atoms with E-state index < -0.39 is 113 Å². The minimum atomic E-state index is -5.11. The predicted molar refractivity (Wildman–Crippen MR) is 189 cm³/mol. The zero-order valence-electron chi connectivity index (χ0n) is 31.0. The van der Waals surface area contributed by atoms with E-state index in [-0.39, 0.29) is 28.7 Å². The maximum atomic E-state index is 15.4. The van der Waals surface area contributed by atoms with E-state index in [1.807, 2.05) is 0 Å². The van der Waals surface area contributed by atoms with Crippen molar-refractivity contribution in [2.24, 2.45) is 23.7 Å². The van der Waals surface area contributed by atoms with Crippen LogP contribution in [0.5, 0.6) is 5.88 Å². The van der Waals surface area contributed by atoms with Crippen molar-refractivity contribution in [1.29, 1.82) is 0 Å². The molecule has 0 saturated heterocycles. The van der Waals surface area contributed by atoms with Crippen LogP contribution < -0.4 is 20.7 Å². The van der Waals surface area contributed by atoms with E-state index in [0.717, 1.165) is 50.1 Å². The first-order chi connectivity index (χ1) is 27.7. The summed E-state index contributed by atoms with van der Waals surface area (Å²) in [4.78, 5) is 44.4. The number of pyridine rings is 1. The van der Waals surface area contributed by atoms with Crippen LogP contribution in [0, 0.1) is 35.3 Å². The monoisotopic (exact) mass is 842 g/mol.